The number of carbonyl (C=O) groups excluding carboxylic acids is 2. The van der Waals surface area contributed by atoms with Crippen LogP contribution in [0.3, 0.4) is 0 Å². The minimum Gasteiger partial charge on any atom is -0.467 e. The molecule has 0 aliphatic heterocycles. The number of nitrogens with zero attached hydrogens (tertiary/aromatic N) is 2. The number of amides is 1. The first-order valence-corrected chi connectivity index (χ1v) is 8.30. The number of aryl methyl sites for hydroxylation is 1. The van der Waals surface area contributed by atoms with Gasteiger partial charge in [0.05, 0.1) is 24.2 Å². The van der Waals surface area contributed by atoms with Gasteiger partial charge in [-0.2, -0.15) is 0 Å². The maximum absolute atomic E-state index is 12.2. The van der Waals surface area contributed by atoms with E-state index in [9.17, 15) is 9.59 Å². The SMILES string of the molecule is Cc1nc(-c2ccccn2)sc1C(=O)OCC(=O)NCc1ccco1. The Hall–Kier alpha value is -3.00. The second kappa shape index (κ2) is 7.71. The van der Waals surface area contributed by atoms with Crippen molar-refractivity contribution in [2.24, 2.45) is 0 Å². The molecule has 0 saturated heterocycles. The molecule has 3 aromatic rings. The molecule has 7 nitrogen and oxygen atoms in total. The van der Waals surface area contributed by atoms with Crippen LogP contribution < -0.4 is 5.32 Å². The molecule has 0 fully saturated rings. The predicted octanol–water partition coefficient (Wildman–Crippen LogP) is 2.58. The van der Waals surface area contributed by atoms with Gasteiger partial charge in [0.1, 0.15) is 15.6 Å². The Kier molecular flexibility index (Phi) is 5.20. The predicted molar refractivity (Wildman–Crippen MR) is 90.9 cm³/mol. The summed E-state index contributed by atoms with van der Waals surface area (Å²) >= 11 is 1.19. The van der Waals surface area contributed by atoms with E-state index in [0.29, 0.717) is 27.0 Å². The van der Waals surface area contributed by atoms with Crippen molar-refractivity contribution in [1.29, 1.82) is 0 Å². The van der Waals surface area contributed by atoms with Gasteiger partial charge in [-0.15, -0.1) is 11.3 Å². The van der Waals surface area contributed by atoms with Crippen LogP contribution in [0.15, 0.2) is 47.2 Å². The van der Waals surface area contributed by atoms with Gasteiger partial charge in [-0.1, -0.05) is 6.07 Å². The highest BCUT2D eigenvalue weighted by Gasteiger charge is 2.19. The van der Waals surface area contributed by atoms with E-state index in [1.165, 1.54) is 17.6 Å². The third-order valence-electron chi connectivity index (χ3n) is 3.24. The monoisotopic (exact) mass is 357 g/mol. The van der Waals surface area contributed by atoms with Crippen LogP contribution in [-0.4, -0.2) is 28.5 Å². The van der Waals surface area contributed by atoms with Crippen molar-refractivity contribution in [3.8, 4) is 10.7 Å². The van der Waals surface area contributed by atoms with Crippen LogP contribution in [0.2, 0.25) is 0 Å². The van der Waals surface area contributed by atoms with Gasteiger partial charge in [0.15, 0.2) is 6.61 Å². The molecule has 0 saturated carbocycles. The van der Waals surface area contributed by atoms with E-state index in [1.54, 1.807) is 31.3 Å². The van der Waals surface area contributed by atoms with E-state index in [0.717, 1.165) is 0 Å². The molecule has 0 aliphatic rings. The summed E-state index contributed by atoms with van der Waals surface area (Å²) in [6.45, 7) is 1.60. The van der Waals surface area contributed by atoms with Crippen molar-refractivity contribution < 1.29 is 18.7 Å². The molecule has 1 amide bonds. The third kappa shape index (κ3) is 4.30. The Morgan fingerprint density at radius 3 is 2.88 bits per heavy atom. The van der Waals surface area contributed by atoms with Crippen molar-refractivity contribution in [1.82, 2.24) is 15.3 Å². The lowest BCUT2D eigenvalue weighted by atomic mass is 10.3. The van der Waals surface area contributed by atoms with Gasteiger partial charge in [0.2, 0.25) is 0 Å². The van der Waals surface area contributed by atoms with E-state index >= 15 is 0 Å². The van der Waals surface area contributed by atoms with Gasteiger partial charge in [-0.05, 0) is 31.2 Å². The summed E-state index contributed by atoms with van der Waals surface area (Å²) in [7, 11) is 0. The van der Waals surface area contributed by atoms with Gasteiger partial charge < -0.3 is 14.5 Å². The Bertz CT molecular complexity index is 859. The molecule has 0 aliphatic carbocycles. The Morgan fingerprint density at radius 2 is 2.16 bits per heavy atom. The number of furan rings is 1. The second-order valence-corrected chi connectivity index (χ2v) is 6.08. The summed E-state index contributed by atoms with van der Waals surface area (Å²) in [5, 5.41) is 3.24. The van der Waals surface area contributed by atoms with E-state index < -0.39 is 11.9 Å². The fourth-order valence-electron chi connectivity index (χ4n) is 2.03. The number of ether oxygens (including phenoxy) is 1. The molecule has 128 valence electrons. The number of pyridine rings is 1. The molecule has 0 bridgehead atoms. The molecule has 0 unspecified atom stereocenters. The molecule has 0 atom stereocenters. The number of aromatic nitrogens is 2. The van der Waals surface area contributed by atoms with Crippen molar-refractivity contribution in [2.75, 3.05) is 6.61 Å². The molecule has 3 heterocycles. The zero-order valence-electron chi connectivity index (χ0n) is 13.4. The molecule has 1 N–H and O–H groups in total. The lowest BCUT2D eigenvalue weighted by Gasteiger charge is -2.04. The minimum absolute atomic E-state index is 0.243. The minimum atomic E-state index is -0.578. The Morgan fingerprint density at radius 1 is 1.28 bits per heavy atom. The number of carbonyl (C=O) groups is 2. The van der Waals surface area contributed by atoms with Crippen LogP contribution in [0.25, 0.3) is 10.7 Å². The number of thiazole rings is 1. The second-order valence-electron chi connectivity index (χ2n) is 5.08. The molecule has 3 aromatic heterocycles. The molecule has 3 rings (SSSR count). The highest BCUT2D eigenvalue weighted by atomic mass is 32.1. The number of nitrogens with one attached hydrogen (secondary N) is 1. The molecule has 0 spiro atoms. The average Bonchev–Trinajstić information content (AvgIpc) is 3.28. The molecular formula is C17H15N3O4S. The molecular weight excluding hydrogens is 342 g/mol. The van der Waals surface area contributed by atoms with Crippen LogP contribution in [0.5, 0.6) is 0 Å². The first-order chi connectivity index (χ1) is 12.1. The highest BCUT2D eigenvalue weighted by Crippen LogP contribution is 2.26. The summed E-state index contributed by atoms with van der Waals surface area (Å²) < 4.78 is 10.2. The summed E-state index contributed by atoms with van der Waals surface area (Å²) in [4.78, 5) is 32.8. The van der Waals surface area contributed by atoms with Gasteiger partial charge in [0, 0.05) is 6.20 Å². The number of hydrogen-bond acceptors (Lipinski definition) is 7. The van der Waals surface area contributed by atoms with Gasteiger partial charge in [0.25, 0.3) is 5.91 Å². The van der Waals surface area contributed by atoms with Gasteiger partial charge >= 0.3 is 5.97 Å². The highest BCUT2D eigenvalue weighted by molar-refractivity contribution is 7.17. The number of esters is 1. The standard InChI is InChI=1S/C17H15N3O4S/c1-11-15(25-16(20-11)13-6-2-3-7-18-13)17(22)24-10-14(21)19-9-12-5-4-8-23-12/h2-8H,9-10H2,1H3,(H,19,21). The maximum Gasteiger partial charge on any atom is 0.350 e. The fourth-order valence-corrected chi connectivity index (χ4v) is 2.97. The van der Waals surface area contributed by atoms with Crippen LogP contribution in [-0.2, 0) is 16.1 Å². The first-order valence-electron chi connectivity index (χ1n) is 7.48. The van der Waals surface area contributed by atoms with Crippen LogP contribution in [0.1, 0.15) is 21.1 Å². The fraction of sp³-hybridized carbons (Fsp3) is 0.176. The van der Waals surface area contributed by atoms with Gasteiger partial charge in [-0.25, -0.2) is 9.78 Å². The largest absolute Gasteiger partial charge is 0.467 e. The lowest BCUT2D eigenvalue weighted by molar-refractivity contribution is -0.124. The smallest absolute Gasteiger partial charge is 0.350 e. The summed E-state index contributed by atoms with van der Waals surface area (Å²) in [5.74, 6) is -0.361. The van der Waals surface area contributed by atoms with E-state index in [4.69, 9.17) is 9.15 Å². The zero-order chi connectivity index (χ0) is 17.6. The van der Waals surface area contributed by atoms with Crippen LogP contribution >= 0.6 is 11.3 Å². The summed E-state index contributed by atoms with van der Waals surface area (Å²) in [6, 6.07) is 8.94. The molecule has 0 radical (unpaired) electrons. The molecule has 25 heavy (non-hydrogen) atoms. The quantitative estimate of drug-likeness (QED) is 0.682. The Balaban J connectivity index is 1.56. The van der Waals surface area contributed by atoms with Crippen molar-refractivity contribution in [3.63, 3.8) is 0 Å². The zero-order valence-corrected chi connectivity index (χ0v) is 14.2. The van der Waals surface area contributed by atoms with Gasteiger partial charge in [-0.3, -0.25) is 9.78 Å². The first kappa shape index (κ1) is 16.8. The third-order valence-corrected chi connectivity index (χ3v) is 4.40. The summed E-state index contributed by atoms with van der Waals surface area (Å²) in [5.41, 5.74) is 1.23. The average molecular weight is 357 g/mol. The van der Waals surface area contributed by atoms with Crippen molar-refractivity contribution in [3.05, 3.63) is 59.1 Å². The normalized spacial score (nSPS) is 10.4. The van der Waals surface area contributed by atoms with Crippen LogP contribution in [0, 0.1) is 6.92 Å². The lowest BCUT2D eigenvalue weighted by Crippen LogP contribution is -2.28. The van der Waals surface area contributed by atoms with E-state index in [-0.39, 0.29) is 13.2 Å². The van der Waals surface area contributed by atoms with E-state index in [2.05, 4.69) is 15.3 Å². The van der Waals surface area contributed by atoms with E-state index in [1.807, 2.05) is 12.1 Å². The summed E-state index contributed by atoms with van der Waals surface area (Å²) in [6.07, 6.45) is 3.18. The number of rotatable bonds is 6. The molecule has 8 heteroatoms. The Labute approximate surface area is 147 Å². The topological polar surface area (TPSA) is 94.3 Å². The maximum atomic E-state index is 12.2. The van der Waals surface area contributed by atoms with Crippen LogP contribution in [0.4, 0.5) is 0 Å². The van der Waals surface area contributed by atoms with Crippen molar-refractivity contribution in [2.45, 2.75) is 13.5 Å². The molecule has 0 aromatic carbocycles. The number of hydrogen-bond donors (Lipinski definition) is 1. The van der Waals surface area contributed by atoms with Crippen molar-refractivity contribution >= 4 is 23.2 Å².